The van der Waals surface area contributed by atoms with Gasteiger partial charge in [-0.1, -0.05) is 43.5 Å². The van der Waals surface area contributed by atoms with E-state index < -0.39 is 17.9 Å². The number of nitrogens with one attached hydrogen (secondary N) is 1. The van der Waals surface area contributed by atoms with Crippen molar-refractivity contribution in [2.24, 2.45) is 5.92 Å². The molecule has 2 aromatic carbocycles. The number of anilines is 1. The van der Waals surface area contributed by atoms with Crippen LogP contribution in [-0.2, 0) is 4.79 Å². The van der Waals surface area contributed by atoms with Gasteiger partial charge in [0.05, 0.1) is 5.56 Å². The standard InChI is InChI=1S/C19H22N2O3.ClH/c20-16-11-14-9-5-4-8-13(14)10-15(16)18(22)21-17(19(23)24)12-6-2-1-3-7-12;/h4-5,8-12,17H,1-3,6-7,20H2,(H,21,22)(H,23,24);1H/t17-;/m0./s1. The molecule has 0 saturated heterocycles. The molecule has 134 valence electrons. The summed E-state index contributed by atoms with van der Waals surface area (Å²) in [6.07, 6.45) is 4.84. The van der Waals surface area contributed by atoms with Gasteiger partial charge in [-0.05, 0) is 41.7 Å². The van der Waals surface area contributed by atoms with Crippen molar-refractivity contribution in [1.29, 1.82) is 0 Å². The van der Waals surface area contributed by atoms with Crippen molar-refractivity contribution < 1.29 is 14.7 Å². The summed E-state index contributed by atoms with van der Waals surface area (Å²) < 4.78 is 0. The number of carbonyl (C=O) groups excluding carboxylic acids is 1. The average Bonchev–Trinajstić information content (AvgIpc) is 2.59. The molecule has 1 amide bonds. The highest BCUT2D eigenvalue weighted by atomic mass is 35.5. The van der Waals surface area contributed by atoms with E-state index in [2.05, 4.69) is 5.32 Å². The van der Waals surface area contributed by atoms with E-state index in [9.17, 15) is 14.7 Å². The van der Waals surface area contributed by atoms with Gasteiger partial charge in [0.2, 0.25) is 0 Å². The number of carboxylic acid groups (broad SMARTS) is 1. The lowest BCUT2D eigenvalue weighted by Gasteiger charge is -2.28. The molecular formula is C19H23ClN2O3. The van der Waals surface area contributed by atoms with Crippen LogP contribution >= 0.6 is 12.4 Å². The molecule has 1 aliphatic rings. The third-order valence-corrected chi connectivity index (χ3v) is 4.84. The third-order valence-electron chi connectivity index (χ3n) is 4.84. The number of hydrogen-bond acceptors (Lipinski definition) is 3. The summed E-state index contributed by atoms with van der Waals surface area (Å²) in [6.45, 7) is 0. The van der Waals surface area contributed by atoms with Gasteiger partial charge in [0.1, 0.15) is 6.04 Å². The van der Waals surface area contributed by atoms with Crippen molar-refractivity contribution in [3.8, 4) is 0 Å². The quantitative estimate of drug-likeness (QED) is 0.724. The molecule has 1 saturated carbocycles. The number of rotatable bonds is 4. The highest BCUT2D eigenvalue weighted by molar-refractivity contribution is 6.05. The topological polar surface area (TPSA) is 92.4 Å². The molecule has 6 heteroatoms. The molecule has 1 fully saturated rings. The maximum absolute atomic E-state index is 12.6. The Morgan fingerprint density at radius 1 is 1.08 bits per heavy atom. The van der Waals surface area contributed by atoms with Crippen LogP contribution in [0, 0.1) is 5.92 Å². The van der Waals surface area contributed by atoms with Crippen LogP contribution in [0.4, 0.5) is 5.69 Å². The molecular weight excluding hydrogens is 340 g/mol. The summed E-state index contributed by atoms with van der Waals surface area (Å²) >= 11 is 0. The van der Waals surface area contributed by atoms with Crippen molar-refractivity contribution in [1.82, 2.24) is 5.32 Å². The van der Waals surface area contributed by atoms with Crippen molar-refractivity contribution >= 4 is 40.7 Å². The molecule has 0 aliphatic heterocycles. The second kappa shape index (κ2) is 8.21. The SMILES string of the molecule is Cl.Nc1cc2ccccc2cc1C(=O)N[C@H](C(=O)O)C1CCCCC1. The Kier molecular flexibility index (Phi) is 6.26. The molecule has 0 heterocycles. The lowest BCUT2D eigenvalue weighted by molar-refractivity contribution is -0.141. The van der Waals surface area contributed by atoms with Crippen LogP contribution < -0.4 is 11.1 Å². The Morgan fingerprint density at radius 3 is 2.28 bits per heavy atom. The summed E-state index contributed by atoms with van der Waals surface area (Å²) in [4.78, 5) is 24.2. The zero-order valence-corrected chi connectivity index (χ0v) is 14.7. The van der Waals surface area contributed by atoms with Gasteiger partial charge in [-0.2, -0.15) is 0 Å². The number of amides is 1. The van der Waals surface area contributed by atoms with Crippen molar-refractivity contribution in [3.63, 3.8) is 0 Å². The highest BCUT2D eigenvalue weighted by Gasteiger charge is 2.31. The number of fused-ring (bicyclic) bond motifs is 1. The fraction of sp³-hybridized carbons (Fsp3) is 0.368. The second-order valence-corrected chi connectivity index (χ2v) is 6.47. The van der Waals surface area contributed by atoms with Gasteiger partial charge >= 0.3 is 5.97 Å². The minimum absolute atomic E-state index is 0. The van der Waals surface area contributed by atoms with Crippen LogP contribution in [0.3, 0.4) is 0 Å². The highest BCUT2D eigenvalue weighted by Crippen LogP contribution is 2.27. The number of nitrogens with two attached hydrogens (primary N) is 1. The van der Waals surface area contributed by atoms with Crippen LogP contribution in [0.15, 0.2) is 36.4 Å². The normalized spacial score (nSPS) is 16.0. The van der Waals surface area contributed by atoms with Crippen molar-refractivity contribution in [3.05, 3.63) is 42.0 Å². The molecule has 25 heavy (non-hydrogen) atoms. The van der Waals surface area contributed by atoms with E-state index in [4.69, 9.17) is 5.73 Å². The third kappa shape index (κ3) is 4.23. The van der Waals surface area contributed by atoms with Crippen LogP contribution in [0.2, 0.25) is 0 Å². The summed E-state index contributed by atoms with van der Waals surface area (Å²) in [5, 5.41) is 14.1. The molecule has 0 aromatic heterocycles. The van der Waals surface area contributed by atoms with Crippen LogP contribution in [-0.4, -0.2) is 23.0 Å². The zero-order chi connectivity index (χ0) is 17.1. The van der Waals surface area contributed by atoms with Gasteiger partial charge in [0.25, 0.3) is 5.91 Å². The van der Waals surface area contributed by atoms with Crippen molar-refractivity contribution in [2.45, 2.75) is 38.1 Å². The Morgan fingerprint density at radius 2 is 1.68 bits per heavy atom. The van der Waals surface area contributed by atoms with E-state index in [1.807, 2.05) is 24.3 Å². The molecule has 0 bridgehead atoms. The van der Waals surface area contributed by atoms with Gasteiger partial charge in [0.15, 0.2) is 0 Å². The lowest BCUT2D eigenvalue weighted by Crippen LogP contribution is -2.46. The van der Waals surface area contributed by atoms with Crippen LogP contribution in [0.25, 0.3) is 10.8 Å². The van der Waals surface area contributed by atoms with Gasteiger partial charge < -0.3 is 16.2 Å². The summed E-state index contributed by atoms with van der Waals surface area (Å²) in [6, 6.07) is 10.2. The van der Waals surface area contributed by atoms with E-state index in [1.165, 1.54) is 0 Å². The maximum Gasteiger partial charge on any atom is 0.326 e. The fourth-order valence-electron chi connectivity index (χ4n) is 3.52. The average molecular weight is 363 g/mol. The summed E-state index contributed by atoms with van der Waals surface area (Å²) in [5.41, 5.74) is 6.70. The molecule has 2 aromatic rings. The first kappa shape index (κ1) is 19.1. The van der Waals surface area contributed by atoms with Gasteiger partial charge in [-0.15, -0.1) is 12.4 Å². The molecule has 0 spiro atoms. The van der Waals surface area contributed by atoms with Crippen molar-refractivity contribution in [2.75, 3.05) is 5.73 Å². The molecule has 3 rings (SSSR count). The number of hydrogen-bond donors (Lipinski definition) is 3. The minimum Gasteiger partial charge on any atom is -0.480 e. The zero-order valence-electron chi connectivity index (χ0n) is 13.9. The number of carboxylic acids is 1. The largest absolute Gasteiger partial charge is 0.480 e. The minimum atomic E-state index is -0.977. The molecule has 1 aliphatic carbocycles. The second-order valence-electron chi connectivity index (χ2n) is 6.47. The smallest absolute Gasteiger partial charge is 0.326 e. The Balaban J connectivity index is 0.00000225. The molecule has 0 radical (unpaired) electrons. The lowest BCUT2D eigenvalue weighted by atomic mass is 9.83. The summed E-state index contributed by atoms with van der Waals surface area (Å²) in [5.74, 6) is -1.41. The van der Waals surface area contributed by atoms with Crippen LogP contribution in [0.1, 0.15) is 42.5 Å². The molecule has 0 unspecified atom stereocenters. The number of nitrogen functional groups attached to an aromatic ring is 1. The Bertz CT molecular complexity index is 772. The van der Waals surface area contributed by atoms with Gasteiger partial charge in [0, 0.05) is 5.69 Å². The van der Waals surface area contributed by atoms with Gasteiger partial charge in [-0.3, -0.25) is 4.79 Å². The van der Waals surface area contributed by atoms with Crippen LogP contribution in [0.5, 0.6) is 0 Å². The first-order valence-electron chi connectivity index (χ1n) is 8.38. The van der Waals surface area contributed by atoms with E-state index in [0.29, 0.717) is 11.3 Å². The van der Waals surface area contributed by atoms with Gasteiger partial charge in [-0.25, -0.2) is 4.79 Å². The molecule has 4 N–H and O–H groups in total. The first-order chi connectivity index (χ1) is 11.6. The number of carbonyl (C=O) groups is 2. The number of aliphatic carboxylic acids is 1. The maximum atomic E-state index is 12.6. The van der Waals surface area contributed by atoms with E-state index in [1.54, 1.807) is 12.1 Å². The molecule has 5 nitrogen and oxygen atoms in total. The number of benzene rings is 2. The first-order valence-corrected chi connectivity index (χ1v) is 8.38. The number of halogens is 1. The molecule has 1 atom stereocenters. The monoisotopic (exact) mass is 362 g/mol. The van der Waals surface area contributed by atoms with E-state index in [-0.39, 0.29) is 18.3 Å². The van der Waals surface area contributed by atoms with E-state index in [0.717, 1.165) is 42.9 Å². The Hall–Kier alpha value is -2.27. The Labute approximate surface area is 153 Å². The fourth-order valence-corrected chi connectivity index (χ4v) is 3.52. The predicted molar refractivity (Wildman–Crippen MR) is 101 cm³/mol. The van der Waals surface area contributed by atoms with E-state index >= 15 is 0 Å². The predicted octanol–water partition coefficient (Wildman–Crippen LogP) is 3.61. The summed E-state index contributed by atoms with van der Waals surface area (Å²) in [7, 11) is 0.